The molecule has 1 unspecified atom stereocenters. The number of carbonyl (C=O) groups excluding carboxylic acids is 1. The van der Waals surface area contributed by atoms with Crippen molar-refractivity contribution in [1.29, 1.82) is 0 Å². The van der Waals surface area contributed by atoms with E-state index >= 15 is 0 Å². The molecule has 1 atom stereocenters. The first-order chi connectivity index (χ1) is 8.16. The van der Waals surface area contributed by atoms with Crippen LogP contribution in [0.5, 0.6) is 0 Å². The van der Waals surface area contributed by atoms with Crippen molar-refractivity contribution in [3.05, 3.63) is 46.5 Å². The van der Waals surface area contributed by atoms with Gasteiger partial charge < -0.3 is 4.74 Å². The second kappa shape index (κ2) is 5.50. The predicted octanol–water partition coefficient (Wildman–Crippen LogP) is 4.02. The van der Waals surface area contributed by atoms with Crippen molar-refractivity contribution in [3.8, 4) is 0 Å². The number of allylic oxidation sites excluding steroid dienone is 2. The number of benzene rings is 1. The highest BCUT2D eigenvalue weighted by atomic mass is 79.9. The summed E-state index contributed by atoms with van der Waals surface area (Å²) in [6, 6.07) is 7.84. The van der Waals surface area contributed by atoms with Crippen LogP contribution in [0.25, 0.3) is 0 Å². The highest BCUT2D eigenvalue weighted by Crippen LogP contribution is 2.24. The third kappa shape index (κ3) is 3.19. The molecule has 0 aliphatic heterocycles. The van der Waals surface area contributed by atoms with Crippen LogP contribution >= 0.6 is 15.9 Å². The number of esters is 1. The lowest BCUT2D eigenvalue weighted by Crippen LogP contribution is -2.17. The third-order valence-electron chi connectivity index (χ3n) is 2.97. The summed E-state index contributed by atoms with van der Waals surface area (Å²) in [5, 5.41) is 0. The van der Waals surface area contributed by atoms with Gasteiger partial charge in [-0.2, -0.15) is 0 Å². The zero-order valence-corrected chi connectivity index (χ0v) is 11.3. The molecule has 1 aliphatic carbocycles. The average Bonchev–Trinajstić information content (AvgIpc) is 2.83. The van der Waals surface area contributed by atoms with Crippen LogP contribution in [0.4, 0.5) is 0 Å². The van der Waals surface area contributed by atoms with E-state index in [2.05, 4.69) is 15.9 Å². The number of carbonyl (C=O) groups is 1. The Morgan fingerprint density at radius 2 is 1.88 bits per heavy atom. The van der Waals surface area contributed by atoms with Crippen LogP contribution in [0.15, 0.2) is 40.9 Å². The molecule has 1 aromatic rings. The van der Waals surface area contributed by atoms with E-state index in [0.717, 1.165) is 22.9 Å². The Labute approximate surface area is 110 Å². The smallest absolute Gasteiger partial charge is 0.310 e. The van der Waals surface area contributed by atoms with E-state index in [1.807, 2.05) is 43.3 Å². The fourth-order valence-corrected chi connectivity index (χ4v) is 2.15. The molecule has 0 amide bonds. The summed E-state index contributed by atoms with van der Waals surface area (Å²) >= 11 is 3.38. The number of hydrogen-bond donors (Lipinski definition) is 0. The Kier molecular flexibility index (Phi) is 4.00. The highest BCUT2D eigenvalue weighted by Gasteiger charge is 2.22. The maximum Gasteiger partial charge on any atom is 0.310 e. The molecule has 1 aliphatic rings. The molecule has 0 N–H and O–H groups in total. The lowest BCUT2D eigenvalue weighted by molar-refractivity contribution is -0.153. The molecule has 0 aromatic heterocycles. The van der Waals surface area contributed by atoms with Gasteiger partial charge in [0.2, 0.25) is 0 Å². The van der Waals surface area contributed by atoms with E-state index in [-0.39, 0.29) is 18.0 Å². The van der Waals surface area contributed by atoms with Crippen LogP contribution in [-0.4, -0.2) is 5.97 Å². The zero-order chi connectivity index (χ0) is 12.3. The molecule has 0 saturated heterocycles. The summed E-state index contributed by atoms with van der Waals surface area (Å²) in [5.41, 5.74) is 1.02. The first-order valence-electron chi connectivity index (χ1n) is 5.78. The lowest BCUT2D eigenvalue weighted by Gasteiger charge is -2.16. The van der Waals surface area contributed by atoms with E-state index in [1.54, 1.807) is 0 Å². The summed E-state index contributed by atoms with van der Waals surface area (Å²) in [6.07, 6.45) is 5.51. The van der Waals surface area contributed by atoms with Gasteiger partial charge in [0, 0.05) is 4.47 Å². The Morgan fingerprint density at radius 1 is 1.29 bits per heavy atom. The highest BCUT2D eigenvalue weighted by molar-refractivity contribution is 9.10. The van der Waals surface area contributed by atoms with Crippen molar-refractivity contribution in [2.75, 3.05) is 0 Å². The number of hydrogen-bond acceptors (Lipinski definition) is 2. The summed E-state index contributed by atoms with van der Waals surface area (Å²) in [7, 11) is 0. The van der Waals surface area contributed by atoms with E-state index in [4.69, 9.17) is 4.74 Å². The van der Waals surface area contributed by atoms with Crippen LogP contribution in [0, 0.1) is 5.92 Å². The predicted molar refractivity (Wildman–Crippen MR) is 70.5 cm³/mol. The maximum absolute atomic E-state index is 11.8. The minimum absolute atomic E-state index is 0.0212. The third-order valence-corrected chi connectivity index (χ3v) is 3.50. The molecular weight excluding hydrogens is 280 g/mol. The second-order valence-corrected chi connectivity index (χ2v) is 5.19. The van der Waals surface area contributed by atoms with Crippen molar-refractivity contribution in [1.82, 2.24) is 0 Å². The van der Waals surface area contributed by atoms with Crippen molar-refractivity contribution < 1.29 is 9.53 Å². The summed E-state index contributed by atoms with van der Waals surface area (Å²) in [4.78, 5) is 11.8. The summed E-state index contributed by atoms with van der Waals surface area (Å²) < 4.78 is 6.49. The molecule has 0 spiro atoms. The van der Waals surface area contributed by atoms with Crippen LogP contribution in [0.2, 0.25) is 0 Å². The van der Waals surface area contributed by atoms with Gasteiger partial charge in [-0.05, 0) is 37.5 Å². The monoisotopic (exact) mass is 294 g/mol. The number of rotatable bonds is 3. The van der Waals surface area contributed by atoms with E-state index in [0.29, 0.717) is 0 Å². The van der Waals surface area contributed by atoms with Crippen molar-refractivity contribution >= 4 is 21.9 Å². The summed E-state index contributed by atoms with van der Waals surface area (Å²) in [6.45, 7) is 1.91. The van der Waals surface area contributed by atoms with Gasteiger partial charge in [-0.3, -0.25) is 4.79 Å². The molecule has 17 heavy (non-hydrogen) atoms. The maximum atomic E-state index is 11.8. The van der Waals surface area contributed by atoms with Gasteiger partial charge in [0.15, 0.2) is 0 Å². The quantitative estimate of drug-likeness (QED) is 0.622. The summed E-state index contributed by atoms with van der Waals surface area (Å²) in [5.74, 6) is -0.0710. The average molecular weight is 295 g/mol. The molecule has 3 heteroatoms. The molecule has 2 nitrogen and oxygen atoms in total. The van der Waals surface area contributed by atoms with Crippen LogP contribution in [-0.2, 0) is 9.53 Å². The molecule has 90 valence electrons. The molecule has 0 fully saturated rings. The molecular formula is C14H15BrO2. The Hall–Kier alpha value is -1.09. The van der Waals surface area contributed by atoms with Crippen molar-refractivity contribution in [2.45, 2.75) is 25.9 Å². The van der Waals surface area contributed by atoms with Crippen LogP contribution in [0.3, 0.4) is 0 Å². The normalized spacial score (nSPS) is 17.1. The minimum atomic E-state index is -0.184. The van der Waals surface area contributed by atoms with Crippen molar-refractivity contribution in [2.24, 2.45) is 5.92 Å². The van der Waals surface area contributed by atoms with E-state index < -0.39 is 0 Å². The fraction of sp³-hybridized carbons (Fsp3) is 0.357. The van der Waals surface area contributed by atoms with Crippen LogP contribution < -0.4 is 0 Å². The first kappa shape index (κ1) is 12.4. The molecule has 2 rings (SSSR count). The van der Waals surface area contributed by atoms with Gasteiger partial charge in [0.1, 0.15) is 6.10 Å². The van der Waals surface area contributed by atoms with Gasteiger partial charge in [-0.15, -0.1) is 0 Å². The Balaban J connectivity index is 1.94. The minimum Gasteiger partial charge on any atom is -0.458 e. The van der Waals surface area contributed by atoms with Crippen molar-refractivity contribution in [3.63, 3.8) is 0 Å². The first-order valence-corrected chi connectivity index (χ1v) is 6.57. The molecule has 0 radical (unpaired) electrons. The Morgan fingerprint density at radius 3 is 2.47 bits per heavy atom. The number of ether oxygens (including phenoxy) is 1. The zero-order valence-electron chi connectivity index (χ0n) is 9.73. The van der Waals surface area contributed by atoms with Gasteiger partial charge in [-0.1, -0.05) is 40.2 Å². The Bertz CT molecular complexity index is 414. The van der Waals surface area contributed by atoms with Gasteiger partial charge >= 0.3 is 5.97 Å². The van der Waals surface area contributed by atoms with Crippen LogP contribution in [0.1, 0.15) is 31.4 Å². The standard InChI is InChI=1S/C14H15BrO2/c1-10(11-6-8-13(15)9-7-11)17-14(16)12-4-2-3-5-12/h2-3,6-10,12H,4-5H2,1H3. The topological polar surface area (TPSA) is 26.3 Å². The van der Waals surface area contributed by atoms with E-state index in [9.17, 15) is 4.79 Å². The fourth-order valence-electron chi connectivity index (χ4n) is 1.88. The van der Waals surface area contributed by atoms with Gasteiger partial charge in [-0.25, -0.2) is 0 Å². The number of halogens is 1. The van der Waals surface area contributed by atoms with Gasteiger partial charge in [0.05, 0.1) is 5.92 Å². The molecule has 0 heterocycles. The van der Waals surface area contributed by atoms with E-state index in [1.165, 1.54) is 0 Å². The molecule has 1 aromatic carbocycles. The molecule has 0 saturated carbocycles. The lowest BCUT2D eigenvalue weighted by atomic mass is 10.1. The largest absolute Gasteiger partial charge is 0.458 e. The molecule has 0 bridgehead atoms. The SMILES string of the molecule is CC(OC(=O)C1CC=CC1)c1ccc(Br)cc1. The van der Waals surface area contributed by atoms with Gasteiger partial charge in [0.25, 0.3) is 0 Å². The second-order valence-electron chi connectivity index (χ2n) is 4.27.